The van der Waals surface area contributed by atoms with Gasteiger partial charge in [0.25, 0.3) is 0 Å². The average Bonchev–Trinajstić information content (AvgIpc) is 1.84. The Hall–Kier alpha value is -0.0800. The molecule has 0 aliphatic carbocycles. The quantitative estimate of drug-likeness (QED) is 0.582. The van der Waals surface area contributed by atoms with Crippen LogP contribution in [0.15, 0.2) is 0 Å². The van der Waals surface area contributed by atoms with Crippen molar-refractivity contribution in [1.29, 1.82) is 0 Å². The highest BCUT2D eigenvalue weighted by Gasteiger charge is 2.17. The summed E-state index contributed by atoms with van der Waals surface area (Å²) in [5, 5.41) is 0. The third kappa shape index (κ3) is 3.85. The van der Waals surface area contributed by atoms with Gasteiger partial charge in [-0.2, -0.15) is 0 Å². The van der Waals surface area contributed by atoms with Crippen molar-refractivity contribution in [3.63, 3.8) is 0 Å². The molecule has 62 valence electrons. The van der Waals surface area contributed by atoms with E-state index in [9.17, 15) is 0 Å². The van der Waals surface area contributed by atoms with E-state index in [1.807, 2.05) is 13.8 Å². The highest BCUT2D eigenvalue weighted by molar-refractivity contribution is 4.67. The van der Waals surface area contributed by atoms with Gasteiger partial charge in [-0.25, -0.2) is 0 Å². The lowest BCUT2D eigenvalue weighted by Gasteiger charge is -2.28. The van der Waals surface area contributed by atoms with Gasteiger partial charge >= 0.3 is 0 Å². The molecule has 1 saturated heterocycles. The van der Waals surface area contributed by atoms with Crippen molar-refractivity contribution >= 4 is 0 Å². The zero-order valence-electron chi connectivity index (χ0n) is 7.55. The minimum Gasteiger partial charge on any atom is -0.377 e. The van der Waals surface area contributed by atoms with Crippen molar-refractivity contribution in [2.24, 2.45) is 0 Å². The summed E-state index contributed by atoms with van der Waals surface area (Å²) in [6, 6.07) is 0. The van der Waals surface area contributed by atoms with Crippen LogP contribution >= 0.6 is 0 Å². The fourth-order valence-electron chi connectivity index (χ4n) is 0.836. The Labute approximate surface area is 64.2 Å². The molecule has 1 aliphatic heterocycles. The lowest BCUT2D eigenvalue weighted by molar-refractivity contribution is -0.0609. The Morgan fingerprint density at radius 3 is 2.00 bits per heavy atom. The van der Waals surface area contributed by atoms with Crippen LogP contribution in [-0.2, 0) is 4.74 Å². The summed E-state index contributed by atoms with van der Waals surface area (Å²) >= 11 is 0. The first-order valence-electron chi connectivity index (χ1n) is 4.05. The van der Waals surface area contributed by atoms with Crippen LogP contribution in [-0.4, -0.2) is 38.3 Å². The fraction of sp³-hybridized carbons (Fsp3) is 1.00. The van der Waals surface area contributed by atoms with E-state index in [2.05, 4.69) is 19.0 Å². The van der Waals surface area contributed by atoms with Crippen LogP contribution in [0.5, 0.6) is 0 Å². The normalized spacial score (nSPS) is 23.1. The molecule has 10 heavy (non-hydrogen) atoms. The van der Waals surface area contributed by atoms with Crippen LogP contribution in [0.4, 0.5) is 0 Å². The van der Waals surface area contributed by atoms with Gasteiger partial charge in [0, 0.05) is 13.2 Å². The Balaban J connectivity index is 0.000000371. The summed E-state index contributed by atoms with van der Waals surface area (Å²) in [7, 11) is 4.14. The molecule has 0 saturated carbocycles. The van der Waals surface area contributed by atoms with Crippen LogP contribution in [0, 0.1) is 0 Å². The van der Waals surface area contributed by atoms with E-state index >= 15 is 0 Å². The van der Waals surface area contributed by atoms with Gasteiger partial charge in [-0.3, -0.25) is 0 Å². The molecule has 1 rings (SSSR count). The molecule has 1 heterocycles. The molecule has 1 unspecified atom stereocenters. The zero-order valence-corrected chi connectivity index (χ0v) is 7.55. The number of hydrogen-bond donors (Lipinski definition) is 0. The molecule has 0 spiro atoms. The molecule has 0 aromatic rings. The number of rotatable bonds is 2. The molecule has 1 fully saturated rings. The Morgan fingerprint density at radius 2 is 1.90 bits per heavy atom. The molecule has 2 nitrogen and oxygen atoms in total. The average molecular weight is 145 g/mol. The minimum absolute atomic E-state index is 0.532. The summed E-state index contributed by atoms with van der Waals surface area (Å²) < 4.78 is 5.20. The predicted molar refractivity (Wildman–Crippen MR) is 44.3 cm³/mol. The number of likely N-dealkylation sites (N-methyl/N-ethyl adjacent to an activating group) is 1. The van der Waals surface area contributed by atoms with Crippen molar-refractivity contribution in [1.82, 2.24) is 4.90 Å². The SMILES string of the molecule is CC.CN(C)CC1CCO1. The van der Waals surface area contributed by atoms with Crippen LogP contribution in [0.25, 0.3) is 0 Å². The molecule has 0 radical (unpaired) electrons. The third-order valence-corrected chi connectivity index (χ3v) is 1.36. The van der Waals surface area contributed by atoms with Gasteiger partial charge in [-0.15, -0.1) is 0 Å². The van der Waals surface area contributed by atoms with E-state index in [0.717, 1.165) is 13.2 Å². The van der Waals surface area contributed by atoms with Crippen LogP contribution in [0.1, 0.15) is 20.3 Å². The molecule has 1 aliphatic rings. The van der Waals surface area contributed by atoms with Gasteiger partial charge in [-0.1, -0.05) is 13.8 Å². The molecule has 1 atom stereocenters. The number of hydrogen-bond acceptors (Lipinski definition) is 2. The third-order valence-electron chi connectivity index (χ3n) is 1.36. The van der Waals surface area contributed by atoms with Gasteiger partial charge in [0.2, 0.25) is 0 Å². The molecular weight excluding hydrogens is 126 g/mol. The molecule has 0 bridgehead atoms. The number of ether oxygens (including phenoxy) is 1. The van der Waals surface area contributed by atoms with Crippen LogP contribution in [0.3, 0.4) is 0 Å². The maximum atomic E-state index is 5.20. The second-order valence-corrected chi connectivity index (χ2v) is 2.54. The van der Waals surface area contributed by atoms with Gasteiger partial charge in [0.15, 0.2) is 0 Å². The second kappa shape index (κ2) is 5.69. The first-order valence-corrected chi connectivity index (χ1v) is 4.05. The first-order chi connectivity index (χ1) is 4.79. The summed E-state index contributed by atoms with van der Waals surface area (Å²) in [5.74, 6) is 0. The number of nitrogens with zero attached hydrogens (tertiary/aromatic N) is 1. The lowest BCUT2D eigenvalue weighted by atomic mass is 10.2. The monoisotopic (exact) mass is 145 g/mol. The van der Waals surface area contributed by atoms with Crippen molar-refractivity contribution in [2.75, 3.05) is 27.2 Å². The van der Waals surface area contributed by atoms with Gasteiger partial charge in [0.05, 0.1) is 6.10 Å². The first kappa shape index (κ1) is 9.92. The zero-order chi connectivity index (χ0) is 7.98. The van der Waals surface area contributed by atoms with E-state index in [1.54, 1.807) is 0 Å². The van der Waals surface area contributed by atoms with Crippen molar-refractivity contribution in [3.8, 4) is 0 Å². The maximum Gasteiger partial charge on any atom is 0.0723 e. The summed E-state index contributed by atoms with van der Waals surface area (Å²) in [6.45, 7) is 6.05. The highest BCUT2D eigenvalue weighted by atomic mass is 16.5. The minimum atomic E-state index is 0.532. The van der Waals surface area contributed by atoms with E-state index in [1.165, 1.54) is 6.42 Å². The molecular formula is C8H19NO. The Bertz CT molecular complexity index is 69.7. The smallest absolute Gasteiger partial charge is 0.0723 e. The lowest BCUT2D eigenvalue weighted by Crippen LogP contribution is -2.36. The van der Waals surface area contributed by atoms with E-state index in [-0.39, 0.29) is 0 Å². The predicted octanol–water partition coefficient (Wildman–Crippen LogP) is 1.36. The van der Waals surface area contributed by atoms with E-state index in [0.29, 0.717) is 6.10 Å². The summed E-state index contributed by atoms with van der Waals surface area (Å²) in [6.07, 6.45) is 1.78. The largest absolute Gasteiger partial charge is 0.377 e. The summed E-state index contributed by atoms with van der Waals surface area (Å²) in [5.41, 5.74) is 0. The Kier molecular flexibility index (Phi) is 5.64. The van der Waals surface area contributed by atoms with Crippen molar-refractivity contribution in [3.05, 3.63) is 0 Å². The molecule has 0 aromatic heterocycles. The Morgan fingerprint density at radius 1 is 1.40 bits per heavy atom. The second-order valence-electron chi connectivity index (χ2n) is 2.54. The van der Waals surface area contributed by atoms with Gasteiger partial charge in [0.1, 0.15) is 0 Å². The van der Waals surface area contributed by atoms with Gasteiger partial charge < -0.3 is 9.64 Å². The fourth-order valence-corrected chi connectivity index (χ4v) is 0.836. The van der Waals surface area contributed by atoms with E-state index < -0.39 is 0 Å². The van der Waals surface area contributed by atoms with Crippen molar-refractivity contribution < 1.29 is 4.74 Å². The van der Waals surface area contributed by atoms with Crippen molar-refractivity contribution in [2.45, 2.75) is 26.4 Å². The highest BCUT2D eigenvalue weighted by Crippen LogP contribution is 2.10. The standard InChI is InChI=1S/C6H13NO.C2H6/c1-7(2)5-6-3-4-8-6;1-2/h6H,3-5H2,1-2H3;1-2H3. The molecule has 2 heteroatoms. The van der Waals surface area contributed by atoms with Crippen LogP contribution < -0.4 is 0 Å². The summed E-state index contributed by atoms with van der Waals surface area (Å²) in [4.78, 5) is 2.16. The van der Waals surface area contributed by atoms with Crippen LogP contribution in [0.2, 0.25) is 0 Å². The van der Waals surface area contributed by atoms with Gasteiger partial charge in [-0.05, 0) is 20.5 Å². The topological polar surface area (TPSA) is 12.5 Å². The maximum absolute atomic E-state index is 5.20. The molecule has 0 N–H and O–H groups in total. The molecule has 0 amide bonds. The van der Waals surface area contributed by atoms with E-state index in [4.69, 9.17) is 4.74 Å². The molecule has 0 aromatic carbocycles.